The molecular weight excluding hydrogens is 474 g/mol. The topological polar surface area (TPSA) is 136 Å². The zero-order valence-corrected chi connectivity index (χ0v) is 19.9. The van der Waals surface area contributed by atoms with Gasteiger partial charge in [0.1, 0.15) is 5.75 Å². The van der Waals surface area contributed by atoms with Crippen LogP contribution in [-0.2, 0) is 10.0 Å². The number of nitrogens with zero attached hydrogens (tertiary/aromatic N) is 4. The van der Waals surface area contributed by atoms with Gasteiger partial charge in [-0.3, -0.25) is 10.1 Å². The van der Waals surface area contributed by atoms with Gasteiger partial charge in [0.25, 0.3) is 5.91 Å². The highest BCUT2D eigenvalue weighted by Gasteiger charge is 2.24. The summed E-state index contributed by atoms with van der Waals surface area (Å²) >= 11 is 1.27. The minimum atomic E-state index is -3.90. The maximum Gasteiger partial charge on any atom is 0.257 e. The van der Waals surface area contributed by atoms with Crippen molar-refractivity contribution < 1.29 is 17.9 Å². The number of rotatable bonds is 10. The summed E-state index contributed by atoms with van der Waals surface area (Å²) in [7, 11) is -2.32. The van der Waals surface area contributed by atoms with E-state index in [-0.39, 0.29) is 36.4 Å². The molecule has 3 rings (SSSR count). The second-order valence-corrected chi connectivity index (χ2v) is 9.76. The van der Waals surface area contributed by atoms with Crippen LogP contribution in [0.1, 0.15) is 23.2 Å². The average molecular weight is 496 g/mol. The number of carbonyl (C=O) groups is 1. The van der Waals surface area contributed by atoms with Crippen molar-refractivity contribution in [3.05, 3.63) is 59.5 Å². The largest absolute Gasteiger partial charge is 0.497 e. The van der Waals surface area contributed by atoms with Crippen LogP contribution in [0.2, 0.25) is 0 Å². The van der Waals surface area contributed by atoms with Gasteiger partial charge >= 0.3 is 0 Å². The van der Waals surface area contributed by atoms with Gasteiger partial charge in [-0.1, -0.05) is 12.1 Å². The Bertz CT molecular complexity index is 1320. The highest BCUT2D eigenvalue weighted by Crippen LogP contribution is 2.28. The fourth-order valence-corrected chi connectivity index (χ4v) is 5.20. The zero-order chi connectivity index (χ0) is 24.6. The summed E-state index contributed by atoms with van der Waals surface area (Å²) in [6.07, 6.45) is 0.0213. The Morgan fingerprint density at radius 1 is 1.12 bits per heavy atom. The molecule has 2 aromatic carbocycles. The van der Waals surface area contributed by atoms with Crippen LogP contribution in [0.25, 0.3) is 11.3 Å². The van der Waals surface area contributed by atoms with E-state index in [2.05, 4.69) is 10.3 Å². The lowest BCUT2D eigenvalue weighted by Crippen LogP contribution is -2.32. The van der Waals surface area contributed by atoms with Crippen LogP contribution in [0.3, 0.4) is 0 Å². The standard InChI is InChI=1S/C23H21N5O4S2/c1-32-19-6-2-5-18(15-19)21-16-33-23(26-21)27-22(29)17-7-9-20(10-8-17)34(30,31)28(13-3-11-24)14-4-12-25/h2,5-10,15-16H,3-4,13-14H2,1H3,(H,26,27,29). The predicted octanol–water partition coefficient (Wildman–Crippen LogP) is 3.89. The Kier molecular flexibility index (Phi) is 8.33. The molecule has 0 saturated carbocycles. The molecular formula is C23H21N5O4S2. The van der Waals surface area contributed by atoms with Gasteiger partial charge in [-0.15, -0.1) is 11.3 Å². The summed E-state index contributed by atoms with van der Waals surface area (Å²) in [6.45, 7) is -0.0230. The first-order valence-corrected chi connectivity index (χ1v) is 12.5. The minimum Gasteiger partial charge on any atom is -0.497 e. The molecule has 9 nitrogen and oxygen atoms in total. The Morgan fingerprint density at radius 2 is 1.79 bits per heavy atom. The number of aromatic nitrogens is 1. The Balaban J connectivity index is 1.72. The molecule has 1 N–H and O–H groups in total. The van der Waals surface area contributed by atoms with Crippen molar-refractivity contribution in [1.82, 2.24) is 9.29 Å². The van der Waals surface area contributed by atoms with Crippen molar-refractivity contribution in [3.8, 4) is 29.1 Å². The van der Waals surface area contributed by atoms with Crippen LogP contribution in [0.4, 0.5) is 5.13 Å². The van der Waals surface area contributed by atoms with Gasteiger partial charge in [-0.2, -0.15) is 14.8 Å². The van der Waals surface area contributed by atoms with Crippen molar-refractivity contribution in [3.63, 3.8) is 0 Å². The summed E-state index contributed by atoms with van der Waals surface area (Å²) in [5.41, 5.74) is 1.80. The van der Waals surface area contributed by atoms with Gasteiger partial charge in [0.2, 0.25) is 10.0 Å². The molecule has 3 aromatic rings. The van der Waals surface area contributed by atoms with Crippen LogP contribution < -0.4 is 10.1 Å². The third kappa shape index (κ3) is 5.97. The van der Waals surface area contributed by atoms with Crippen molar-refractivity contribution >= 4 is 32.4 Å². The first-order chi connectivity index (χ1) is 16.4. The average Bonchev–Trinajstić information content (AvgIpc) is 3.32. The normalized spacial score (nSPS) is 10.9. The molecule has 0 unspecified atom stereocenters. The molecule has 0 aliphatic heterocycles. The van der Waals surface area contributed by atoms with Gasteiger partial charge < -0.3 is 4.74 Å². The van der Waals surface area contributed by atoms with E-state index in [9.17, 15) is 13.2 Å². The summed E-state index contributed by atoms with van der Waals surface area (Å²) < 4.78 is 32.1. The molecule has 0 atom stereocenters. The highest BCUT2D eigenvalue weighted by molar-refractivity contribution is 7.89. The van der Waals surface area contributed by atoms with Gasteiger partial charge in [0.15, 0.2) is 5.13 Å². The summed E-state index contributed by atoms with van der Waals surface area (Å²) in [5, 5.41) is 22.5. The number of amides is 1. The van der Waals surface area contributed by atoms with Gasteiger partial charge in [-0.05, 0) is 36.4 Å². The molecule has 0 aliphatic rings. The molecule has 1 amide bonds. The third-order valence-electron chi connectivity index (χ3n) is 4.79. The number of anilines is 1. The maximum atomic E-state index is 12.9. The smallest absolute Gasteiger partial charge is 0.257 e. The quantitative estimate of drug-likeness (QED) is 0.450. The first kappa shape index (κ1) is 24.9. The molecule has 0 fully saturated rings. The Morgan fingerprint density at radius 3 is 2.41 bits per heavy atom. The number of hydrogen-bond acceptors (Lipinski definition) is 8. The second kappa shape index (κ2) is 11.4. The molecule has 34 heavy (non-hydrogen) atoms. The van der Waals surface area contributed by atoms with Crippen LogP contribution in [-0.4, -0.2) is 43.8 Å². The summed E-state index contributed by atoms with van der Waals surface area (Å²) in [6, 6.07) is 16.7. The lowest BCUT2D eigenvalue weighted by molar-refractivity contribution is 0.102. The molecule has 1 heterocycles. The number of nitriles is 2. The number of thiazole rings is 1. The summed E-state index contributed by atoms with van der Waals surface area (Å²) in [4.78, 5) is 17.1. The lowest BCUT2D eigenvalue weighted by Gasteiger charge is -2.20. The highest BCUT2D eigenvalue weighted by atomic mass is 32.2. The van der Waals surface area contributed by atoms with Crippen molar-refractivity contribution in [1.29, 1.82) is 10.5 Å². The van der Waals surface area contributed by atoms with Crippen LogP contribution >= 0.6 is 11.3 Å². The van der Waals surface area contributed by atoms with E-state index in [1.807, 2.05) is 41.8 Å². The number of carbonyl (C=O) groups excluding carboxylic acids is 1. The van der Waals surface area contributed by atoms with Gasteiger partial charge in [-0.25, -0.2) is 13.4 Å². The number of benzene rings is 2. The van der Waals surface area contributed by atoms with Crippen LogP contribution in [0.15, 0.2) is 58.8 Å². The third-order valence-corrected chi connectivity index (χ3v) is 7.46. The van der Waals surface area contributed by atoms with E-state index in [0.717, 1.165) is 9.87 Å². The van der Waals surface area contributed by atoms with Gasteiger partial charge in [0.05, 0.1) is 29.8 Å². The Labute approximate surface area is 201 Å². The molecule has 0 spiro atoms. The SMILES string of the molecule is COc1cccc(-c2csc(NC(=O)c3ccc(S(=O)(=O)N(CCC#N)CCC#N)cc3)n2)c1. The fraction of sp³-hybridized carbons (Fsp3) is 0.217. The fourth-order valence-electron chi connectivity index (χ4n) is 3.04. The molecule has 0 saturated heterocycles. The second-order valence-electron chi connectivity index (χ2n) is 6.97. The van der Waals surface area contributed by atoms with E-state index < -0.39 is 15.9 Å². The van der Waals surface area contributed by atoms with Crippen molar-refractivity contribution in [2.75, 3.05) is 25.5 Å². The number of methoxy groups -OCH3 is 1. The molecule has 0 radical (unpaired) electrons. The molecule has 1 aromatic heterocycles. The number of sulfonamides is 1. The van der Waals surface area contributed by atoms with E-state index >= 15 is 0 Å². The van der Waals surface area contributed by atoms with E-state index in [4.69, 9.17) is 15.3 Å². The van der Waals surface area contributed by atoms with Crippen molar-refractivity contribution in [2.45, 2.75) is 17.7 Å². The van der Waals surface area contributed by atoms with E-state index in [1.54, 1.807) is 7.11 Å². The lowest BCUT2D eigenvalue weighted by atomic mass is 10.2. The number of hydrogen-bond donors (Lipinski definition) is 1. The summed E-state index contributed by atoms with van der Waals surface area (Å²) in [5.74, 6) is 0.270. The monoisotopic (exact) mass is 495 g/mol. The van der Waals surface area contributed by atoms with Crippen LogP contribution in [0.5, 0.6) is 5.75 Å². The maximum absolute atomic E-state index is 12.9. The predicted molar refractivity (Wildman–Crippen MR) is 128 cm³/mol. The van der Waals surface area contributed by atoms with E-state index in [1.165, 1.54) is 35.6 Å². The van der Waals surface area contributed by atoms with Gasteiger partial charge in [0, 0.05) is 42.4 Å². The molecule has 11 heteroatoms. The number of nitrogens with one attached hydrogen (secondary N) is 1. The van der Waals surface area contributed by atoms with E-state index in [0.29, 0.717) is 16.6 Å². The zero-order valence-electron chi connectivity index (χ0n) is 18.3. The first-order valence-electron chi connectivity index (χ1n) is 10.1. The molecule has 174 valence electrons. The number of ether oxygens (including phenoxy) is 1. The molecule has 0 bridgehead atoms. The minimum absolute atomic E-state index is 0.0106. The van der Waals surface area contributed by atoms with Crippen molar-refractivity contribution in [2.24, 2.45) is 0 Å². The van der Waals surface area contributed by atoms with Crippen LogP contribution in [0, 0.1) is 22.7 Å². The molecule has 0 aliphatic carbocycles. The Hall–Kier alpha value is -3.77.